The molecule has 0 aromatic heterocycles. The average Bonchev–Trinajstić information content (AvgIpc) is 4.17. The fourth-order valence-electron chi connectivity index (χ4n) is 9.24. The zero-order valence-corrected chi connectivity index (χ0v) is 51.4. The smallest absolute Gasteiger partial charge is 0.329 e. The van der Waals surface area contributed by atoms with Crippen LogP contribution in [0.2, 0.25) is 0 Å². The van der Waals surface area contributed by atoms with Crippen molar-refractivity contribution < 1.29 is 72.5 Å². The summed E-state index contributed by atoms with van der Waals surface area (Å²) in [6.07, 6.45) is 0.761. The predicted molar refractivity (Wildman–Crippen MR) is 317 cm³/mol. The largest absolute Gasteiger partial charge is 0.461 e. The molecule has 486 valence electrons. The van der Waals surface area contributed by atoms with Gasteiger partial charge in [-0.25, -0.2) is 4.79 Å². The number of esters is 1. The van der Waals surface area contributed by atoms with Crippen LogP contribution in [0.4, 0.5) is 0 Å². The zero-order valence-electron chi connectivity index (χ0n) is 51.4. The van der Waals surface area contributed by atoms with E-state index in [4.69, 9.17) is 16.2 Å². The SMILES string of the molecule is CCC(C)C(NC(=O)C(Cc1ccccc1)NC)C(=O)NC(CO)C(=O)NC(CCC(N)=O)C(=O)NC(C(=O)NC(C(=O)NC(CO)C(=O)NC1COC(=O)C(C(C)CC)NC(=O)C(CC2CN=C(N)N2)NC(=O)C(C)NC1=O)C(C)CC)C(C)CC. The van der Waals surface area contributed by atoms with Gasteiger partial charge in [0, 0.05) is 6.42 Å². The molecule has 0 spiro atoms. The van der Waals surface area contributed by atoms with Crippen molar-refractivity contribution in [2.45, 2.75) is 186 Å². The first-order chi connectivity index (χ1) is 41.2. The van der Waals surface area contributed by atoms with E-state index in [1.807, 2.05) is 30.3 Å². The Bertz CT molecular complexity index is 2580. The molecule has 18 N–H and O–H groups in total. The van der Waals surface area contributed by atoms with Gasteiger partial charge in [0.25, 0.3) is 0 Å². The molecule has 30 nitrogen and oxygen atoms in total. The summed E-state index contributed by atoms with van der Waals surface area (Å²) in [7, 11) is 1.60. The number of amides is 11. The Labute approximate surface area is 507 Å². The number of nitrogens with one attached hydrogen (secondary N) is 12. The van der Waals surface area contributed by atoms with Gasteiger partial charge < -0.3 is 90.2 Å². The van der Waals surface area contributed by atoms with Crippen molar-refractivity contribution in [3.8, 4) is 0 Å². The number of carbonyl (C=O) groups is 12. The number of cyclic esters (lactones) is 1. The van der Waals surface area contributed by atoms with E-state index in [9.17, 15) is 67.7 Å². The summed E-state index contributed by atoms with van der Waals surface area (Å²) in [6.45, 7) is 12.2. The van der Waals surface area contributed by atoms with Crippen molar-refractivity contribution in [1.82, 2.24) is 63.8 Å². The van der Waals surface area contributed by atoms with E-state index in [2.05, 4.69) is 68.8 Å². The van der Waals surface area contributed by atoms with Gasteiger partial charge in [0.15, 0.2) is 5.96 Å². The molecule has 87 heavy (non-hydrogen) atoms. The number of aliphatic hydroxyl groups is 2. The van der Waals surface area contributed by atoms with Crippen LogP contribution in [0.1, 0.15) is 113 Å². The quantitative estimate of drug-likeness (QED) is 0.0302. The molecule has 2 heterocycles. The first-order valence-corrected chi connectivity index (χ1v) is 29.6. The summed E-state index contributed by atoms with van der Waals surface area (Å²) in [4.78, 5) is 169. The maximum Gasteiger partial charge on any atom is 0.329 e. The Kier molecular flexibility index (Phi) is 30.5. The lowest BCUT2D eigenvalue weighted by Gasteiger charge is -2.31. The topological polar surface area (TPSA) is 463 Å². The van der Waals surface area contributed by atoms with Crippen molar-refractivity contribution in [1.29, 1.82) is 0 Å². The molecule has 11 amide bonds. The summed E-state index contributed by atoms with van der Waals surface area (Å²) >= 11 is 0. The number of nitrogens with two attached hydrogens (primary N) is 2. The fraction of sp³-hybridized carbons (Fsp3) is 0.667. The number of aliphatic hydroxyl groups excluding tert-OH is 2. The molecule has 30 heteroatoms. The van der Waals surface area contributed by atoms with E-state index in [0.29, 0.717) is 19.3 Å². The maximum atomic E-state index is 14.4. The molecule has 1 aromatic rings. The lowest BCUT2D eigenvalue weighted by molar-refractivity contribution is -0.152. The van der Waals surface area contributed by atoms with E-state index >= 15 is 0 Å². The van der Waals surface area contributed by atoms with Gasteiger partial charge in [-0.05, 0) is 62.5 Å². The van der Waals surface area contributed by atoms with E-state index < -0.39 is 200 Å². The highest BCUT2D eigenvalue weighted by atomic mass is 16.5. The van der Waals surface area contributed by atoms with E-state index in [-0.39, 0.29) is 31.8 Å². The fourth-order valence-corrected chi connectivity index (χ4v) is 9.24. The summed E-state index contributed by atoms with van der Waals surface area (Å²) in [5.41, 5.74) is 12.1. The van der Waals surface area contributed by atoms with Crippen LogP contribution in [0.5, 0.6) is 0 Å². The molecule has 0 aliphatic carbocycles. The number of primary amides is 1. The molecule has 3 rings (SSSR count). The molecule has 2 aliphatic heterocycles. The van der Waals surface area contributed by atoms with Crippen LogP contribution in [-0.4, -0.2) is 193 Å². The molecule has 0 saturated carbocycles. The Morgan fingerprint density at radius 1 is 0.632 bits per heavy atom. The minimum absolute atomic E-state index is 0.00679. The van der Waals surface area contributed by atoms with Crippen LogP contribution >= 0.6 is 0 Å². The van der Waals surface area contributed by atoms with Gasteiger partial charge in [0.2, 0.25) is 65.0 Å². The number of hydrogen-bond donors (Lipinski definition) is 16. The van der Waals surface area contributed by atoms with Crippen molar-refractivity contribution in [3.05, 3.63) is 35.9 Å². The first-order valence-electron chi connectivity index (χ1n) is 29.6. The summed E-state index contributed by atoms with van der Waals surface area (Å²) in [5, 5.41) is 52.0. The van der Waals surface area contributed by atoms with Gasteiger partial charge in [-0.2, -0.15) is 0 Å². The number of guanidine groups is 1. The highest BCUT2D eigenvalue weighted by Gasteiger charge is 2.40. The molecule has 16 atom stereocenters. The van der Waals surface area contributed by atoms with Gasteiger partial charge in [0.05, 0.1) is 31.8 Å². The van der Waals surface area contributed by atoms with Gasteiger partial charge in [-0.15, -0.1) is 0 Å². The first kappa shape index (κ1) is 73.3. The maximum absolute atomic E-state index is 14.4. The van der Waals surface area contributed by atoms with Crippen molar-refractivity contribution >= 4 is 76.9 Å². The standard InChI is InChI=1S/C57H93N15O15/c1-11-28(5)42(70-48(78)36(60-10)22-33-18-16-15-17-19-33)53(83)66-38(25-73)50(80)64-35(20-21-41(58)75)47(77)69-44(30(7)13-3)55(85)71-43(29(6)12-2)54(84)67-39(26-74)51(81)68-40-27-87-56(86)45(31(8)14-4)72-49(79)37(23-34-24-61-57(59)63-34)65-46(76)32(9)62-52(40)82/h15-19,28-32,34-40,42-45,60,73-74H,11-14,20-27H2,1-10H3,(H2,58,75)(H,62,82)(H,64,80)(H,65,76)(H,66,83)(H,67,84)(H,68,81)(H,69,77)(H,70,78)(H,71,85)(H,72,79)(H3,59,61,63). The second-order valence-corrected chi connectivity index (χ2v) is 22.4. The van der Waals surface area contributed by atoms with Gasteiger partial charge in [-0.1, -0.05) is 111 Å². The van der Waals surface area contributed by atoms with Gasteiger partial charge in [0.1, 0.15) is 67.0 Å². The number of likely N-dealkylation sites (N-methyl/N-ethyl adjacent to an activating group) is 1. The normalized spacial score (nSPS) is 22.0. The number of carbonyl (C=O) groups excluding carboxylic acids is 12. The highest BCUT2D eigenvalue weighted by molar-refractivity contribution is 5.99. The minimum Gasteiger partial charge on any atom is -0.461 e. The Hall–Kier alpha value is -7.99. The van der Waals surface area contributed by atoms with Crippen LogP contribution in [-0.2, 0) is 68.7 Å². The molecule has 2 aliphatic rings. The third kappa shape index (κ3) is 22.7. The van der Waals surface area contributed by atoms with Crippen molar-refractivity contribution in [2.75, 3.05) is 33.4 Å². The van der Waals surface area contributed by atoms with Crippen molar-refractivity contribution in [3.63, 3.8) is 0 Å². The van der Waals surface area contributed by atoms with Gasteiger partial charge >= 0.3 is 5.97 Å². The number of rotatable bonds is 32. The second kappa shape index (κ2) is 36.2. The number of aliphatic imine (C=N–C) groups is 1. The third-order valence-electron chi connectivity index (χ3n) is 15.8. The zero-order chi connectivity index (χ0) is 65.2. The highest BCUT2D eigenvalue weighted by Crippen LogP contribution is 2.17. The molecule has 16 unspecified atom stereocenters. The summed E-state index contributed by atoms with van der Waals surface area (Å²) in [6, 6.07) is -6.75. The predicted octanol–water partition coefficient (Wildman–Crippen LogP) is -4.65. The number of nitrogens with zero attached hydrogens (tertiary/aromatic N) is 1. The number of hydrogen-bond acceptors (Lipinski definition) is 19. The Morgan fingerprint density at radius 2 is 1.13 bits per heavy atom. The monoisotopic (exact) mass is 1230 g/mol. The van der Waals surface area contributed by atoms with E-state index in [1.54, 1.807) is 62.4 Å². The lowest BCUT2D eigenvalue weighted by Crippen LogP contribution is -2.63. The number of benzene rings is 1. The van der Waals surface area contributed by atoms with Crippen LogP contribution < -0.4 is 75.3 Å². The molecule has 0 radical (unpaired) electrons. The molecule has 1 saturated heterocycles. The minimum atomic E-state index is -1.81. The van der Waals surface area contributed by atoms with Crippen LogP contribution in [0.3, 0.4) is 0 Å². The lowest BCUT2D eigenvalue weighted by atomic mass is 9.94. The average molecular weight is 1230 g/mol. The molecule has 1 aromatic carbocycles. The van der Waals surface area contributed by atoms with Crippen LogP contribution in [0.25, 0.3) is 0 Å². The number of ether oxygens (including phenoxy) is 1. The summed E-state index contributed by atoms with van der Waals surface area (Å²) < 4.78 is 5.52. The van der Waals surface area contributed by atoms with E-state index in [0.717, 1.165) is 5.56 Å². The van der Waals surface area contributed by atoms with Crippen molar-refractivity contribution in [2.24, 2.45) is 40.1 Å². The van der Waals surface area contributed by atoms with Crippen LogP contribution in [0.15, 0.2) is 35.3 Å². The Balaban J connectivity index is 1.82. The molecule has 0 bridgehead atoms. The van der Waals surface area contributed by atoms with Gasteiger partial charge in [-0.3, -0.25) is 57.7 Å². The summed E-state index contributed by atoms with van der Waals surface area (Å²) in [5.74, 6) is -13.0. The molecule has 1 fully saturated rings. The Morgan fingerprint density at radius 3 is 1.61 bits per heavy atom. The van der Waals surface area contributed by atoms with Crippen LogP contribution in [0, 0.1) is 23.7 Å². The molecular weight excluding hydrogens is 1130 g/mol. The van der Waals surface area contributed by atoms with E-state index in [1.165, 1.54) is 6.92 Å². The molecular formula is C57H93N15O15. The third-order valence-corrected chi connectivity index (χ3v) is 15.8. The second-order valence-electron chi connectivity index (χ2n) is 22.4.